The Kier molecular flexibility index (Phi) is 4.36. The molecule has 0 fully saturated rings. The van der Waals surface area contributed by atoms with E-state index < -0.39 is 17.7 Å². The Bertz CT molecular complexity index is 811. The maximum Gasteiger partial charge on any atom is 0.426 e. The van der Waals surface area contributed by atoms with Gasteiger partial charge in [-0.25, -0.2) is 19.6 Å². The summed E-state index contributed by atoms with van der Waals surface area (Å²) in [5, 5.41) is 21.1. The number of hydrazine groups is 1. The number of amides is 2. The van der Waals surface area contributed by atoms with Crippen molar-refractivity contribution >= 4 is 12.2 Å². The molecule has 0 unspecified atom stereocenters. The lowest BCUT2D eigenvalue weighted by atomic mass is 9.96. The van der Waals surface area contributed by atoms with Crippen LogP contribution in [0.5, 0.6) is 0 Å². The van der Waals surface area contributed by atoms with Gasteiger partial charge in [0.2, 0.25) is 0 Å². The van der Waals surface area contributed by atoms with Gasteiger partial charge in [-0.3, -0.25) is 0 Å². The smallest absolute Gasteiger partial charge is 0.426 e. The van der Waals surface area contributed by atoms with E-state index in [1.165, 1.54) is 0 Å². The molecule has 1 aliphatic rings. The van der Waals surface area contributed by atoms with Gasteiger partial charge in [-0.05, 0) is 43.0 Å². The van der Waals surface area contributed by atoms with Crippen LogP contribution in [-0.4, -0.2) is 44.5 Å². The molecular weight excluding hydrogens is 332 g/mol. The Morgan fingerprint density at radius 3 is 1.73 bits per heavy atom. The summed E-state index contributed by atoms with van der Waals surface area (Å²) in [5.41, 5.74) is 3.27. The Morgan fingerprint density at radius 2 is 1.35 bits per heavy atom. The fourth-order valence-corrected chi connectivity index (χ4v) is 3.63. The van der Waals surface area contributed by atoms with Gasteiger partial charge in [0.25, 0.3) is 0 Å². The summed E-state index contributed by atoms with van der Waals surface area (Å²) < 4.78 is 0. The van der Waals surface area contributed by atoms with Gasteiger partial charge in [0.15, 0.2) is 0 Å². The Balaban J connectivity index is 2.05. The first-order chi connectivity index (χ1) is 12.2. The molecule has 0 spiro atoms. The molecule has 26 heavy (non-hydrogen) atoms. The second-order valence-electron chi connectivity index (χ2n) is 7.36. The monoisotopic (exact) mass is 354 g/mol. The fourth-order valence-electron chi connectivity index (χ4n) is 3.63. The minimum atomic E-state index is -1.29. The molecule has 0 atom stereocenters. The molecule has 0 aromatic heterocycles. The fraction of sp³-hybridized carbons (Fsp3) is 0.300. The summed E-state index contributed by atoms with van der Waals surface area (Å²) >= 11 is 0. The van der Waals surface area contributed by atoms with Gasteiger partial charge < -0.3 is 10.2 Å². The second-order valence-corrected chi connectivity index (χ2v) is 7.36. The zero-order chi connectivity index (χ0) is 19.1. The van der Waals surface area contributed by atoms with Crippen molar-refractivity contribution < 1.29 is 19.8 Å². The largest absolute Gasteiger partial charge is 0.464 e. The van der Waals surface area contributed by atoms with E-state index in [4.69, 9.17) is 0 Å². The van der Waals surface area contributed by atoms with Crippen molar-refractivity contribution in [3.8, 4) is 11.1 Å². The van der Waals surface area contributed by atoms with Crippen LogP contribution in [0, 0.1) is 0 Å². The first-order valence-corrected chi connectivity index (χ1v) is 8.43. The lowest BCUT2D eigenvalue weighted by Gasteiger charge is -2.40. The molecule has 0 radical (unpaired) electrons. The van der Waals surface area contributed by atoms with Gasteiger partial charge in [0, 0.05) is 5.92 Å². The molecule has 2 amide bonds. The van der Waals surface area contributed by atoms with Crippen LogP contribution in [-0.2, 0) is 0 Å². The summed E-state index contributed by atoms with van der Waals surface area (Å²) in [6, 6.07) is 15.7. The van der Waals surface area contributed by atoms with Crippen molar-refractivity contribution in [1.82, 2.24) is 10.0 Å². The molecule has 2 N–H and O–H groups in total. The highest BCUT2D eigenvalue weighted by Crippen LogP contribution is 2.45. The average molecular weight is 354 g/mol. The molecule has 136 valence electrons. The Hall–Kier alpha value is -3.02. The number of rotatable bonds is 2. The van der Waals surface area contributed by atoms with Gasteiger partial charge in [0.1, 0.15) is 0 Å². The van der Waals surface area contributed by atoms with E-state index in [-0.39, 0.29) is 12.5 Å². The first-order valence-electron chi connectivity index (χ1n) is 8.43. The van der Waals surface area contributed by atoms with Crippen LogP contribution >= 0.6 is 0 Å². The summed E-state index contributed by atoms with van der Waals surface area (Å²) in [6.45, 7) is 5.06. The van der Waals surface area contributed by atoms with Crippen LogP contribution in [0.4, 0.5) is 9.59 Å². The average Bonchev–Trinajstić information content (AvgIpc) is 2.87. The van der Waals surface area contributed by atoms with Gasteiger partial charge in [-0.1, -0.05) is 48.5 Å². The molecule has 2 aromatic carbocycles. The molecule has 3 rings (SSSR count). The molecule has 0 heterocycles. The summed E-state index contributed by atoms with van der Waals surface area (Å²) in [7, 11) is 0. The highest BCUT2D eigenvalue weighted by Gasteiger charge is 2.39. The number of benzene rings is 2. The molecule has 2 aromatic rings. The third-order valence-electron chi connectivity index (χ3n) is 4.60. The number of carbonyl (C=O) groups is 2. The van der Waals surface area contributed by atoms with Crippen molar-refractivity contribution in [3.05, 3.63) is 59.7 Å². The summed E-state index contributed by atoms with van der Waals surface area (Å²) in [5.74, 6) is -0.220. The number of carboxylic acid groups (broad SMARTS) is 2. The molecular formula is C20H22N2O4. The zero-order valence-corrected chi connectivity index (χ0v) is 15.0. The number of hydrogen-bond donors (Lipinski definition) is 2. The standard InChI is InChI=1S/C20H22N2O4/c1-20(2,3)22(19(25)26)21(18(23)24)12-17-15-10-6-4-8-13(15)14-9-5-7-11-16(14)17/h4-11,17H,12H2,1-3H3,(H,23,24)(H,25,26). The maximum atomic E-state index is 11.9. The highest BCUT2D eigenvalue weighted by atomic mass is 16.4. The molecule has 0 aliphatic heterocycles. The molecule has 0 bridgehead atoms. The number of hydrogen-bond acceptors (Lipinski definition) is 2. The van der Waals surface area contributed by atoms with E-state index in [0.717, 1.165) is 32.3 Å². The third kappa shape index (κ3) is 2.98. The lowest BCUT2D eigenvalue weighted by molar-refractivity contribution is -0.0510. The van der Waals surface area contributed by atoms with E-state index in [1.807, 2.05) is 48.5 Å². The minimum Gasteiger partial charge on any atom is -0.464 e. The summed E-state index contributed by atoms with van der Waals surface area (Å²) in [4.78, 5) is 23.7. The van der Waals surface area contributed by atoms with Gasteiger partial charge in [0.05, 0.1) is 12.1 Å². The molecule has 1 aliphatic carbocycles. The van der Waals surface area contributed by atoms with Crippen LogP contribution in [0.3, 0.4) is 0 Å². The topological polar surface area (TPSA) is 81.1 Å². The van der Waals surface area contributed by atoms with Crippen LogP contribution in [0.15, 0.2) is 48.5 Å². The van der Waals surface area contributed by atoms with Gasteiger partial charge in [-0.2, -0.15) is 0 Å². The summed E-state index contributed by atoms with van der Waals surface area (Å²) in [6.07, 6.45) is -2.58. The zero-order valence-electron chi connectivity index (χ0n) is 15.0. The van der Waals surface area contributed by atoms with Crippen LogP contribution in [0.2, 0.25) is 0 Å². The van der Waals surface area contributed by atoms with Crippen LogP contribution in [0.25, 0.3) is 11.1 Å². The van der Waals surface area contributed by atoms with E-state index in [0.29, 0.717) is 0 Å². The van der Waals surface area contributed by atoms with Gasteiger partial charge in [-0.15, -0.1) is 0 Å². The lowest BCUT2D eigenvalue weighted by Crippen LogP contribution is -2.58. The van der Waals surface area contributed by atoms with E-state index >= 15 is 0 Å². The Labute approximate surface area is 152 Å². The van der Waals surface area contributed by atoms with Crippen molar-refractivity contribution in [2.45, 2.75) is 32.2 Å². The van der Waals surface area contributed by atoms with E-state index in [2.05, 4.69) is 0 Å². The van der Waals surface area contributed by atoms with Crippen molar-refractivity contribution in [2.24, 2.45) is 0 Å². The minimum absolute atomic E-state index is 0.0347. The second kappa shape index (κ2) is 6.37. The molecule has 6 nitrogen and oxygen atoms in total. The molecule has 6 heteroatoms. The predicted octanol–water partition coefficient (Wildman–Crippen LogP) is 4.47. The molecule has 0 saturated carbocycles. The van der Waals surface area contributed by atoms with E-state index in [1.54, 1.807) is 20.8 Å². The first kappa shape index (κ1) is 17.8. The van der Waals surface area contributed by atoms with Crippen molar-refractivity contribution in [2.75, 3.05) is 6.54 Å². The van der Waals surface area contributed by atoms with Gasteiger partial charge >= 0.3 is 12.2 Å². The van der Waals surface area contributed by atoms with Crippen molar-refractivity contribution in [3.63, 3.8) is 0 Å². The third-order valence-corrected chi connectivity index (χ3v) is 4.60. The van der Waals surface area contributed by atoms with Crippen LogP contribution in [0.1, 0.15) is 37.8 Å². The normalized spacial score (nSPS) is 13.0. The predicted molar refractivity (Wildman–Crippen MR) is 98.1 cm³/mol. The SMILES string of the molecule is CC(C)(C)N(C(=O)O)N(CC1c2ccccc2-c2ccccc21)C(=O)O. The Morgan fingerprint density at radius 1 is 0.885 bits per heavy atom. The number of nitrogens with zero attached hydrogens (tertiary/aromatic N) is 2. The maximum absolute atomic E-state index is 11.9. The molecule has 0 saturated heterocycles. The van der Waals surface area contributed by atoms with Crippen molar-refractivity contribution in [1.29, 1.82) is 0 Å². The number of fused-ring (bicyclic) bond motifs is 3. The quantitative estimate of drug-likeness (QED) is 0.780. The van der Waals surface area contributed by atoms with E-state index in [9.17, 15) is 19.8 Å². The highest BCUT2D eigenvalue weighted by molar-refractivity contribution is 5.79. The van der Waals surface area contributed by atoms with Crippen LogP contribution < -0.4 is 0 Å².